The lowest BCUT2D eigenvalue weighted by Gasteiger charge is -2.24. The summed E-state index contributed by atoms with van der Waals surface area (Å²) < 4.78 is 19.9. The number of nitrogens with zero attached hydrogens (tertiary/aromatic N) is 2. The molecule has 2 heterocycles. The molecule has 0 atom stereocenters. The molecule has 7 nitrogen and oxygen atoms in total. The lowest BCUT2D eigenvalue weighted by atomic mass is 10.5. The third-order valence-corrected chi connectivity index (χ3v) is 5.27. The Bertz CT molecular complexity index is 365. The molecule has 2 aliphatic heterocycles. The van der Waals surface area contributed by atoms with Gasteiger partial charge in [0.1, 0.15) is 0 Å². The van der Waals surface area contributed by atoms with Crippen LogP contribution in [0, 0.1) is 0 Å². The van der Waals surface area contributed by atoms with Gasteiger partial charge in [0.05, 0.1) is 14.2 Å². The van der Waals surface area contributed by atoms with E-state index in [1.54, 1.807) is 9.80 Å². The van der Waals surface area contributed by atoms with E-state index in [9.17, 15) is 13.8 Å². The molecule has 0 aromatic heterocycles. The molecule has 2 fully saturated rings. The Morgan fingerprint density at radius 1 is 0.905 bits per heavy atom. The molecule has 21 heavy (non-hydrogen) atoms. The van der Waals surface area contributed by atoms with E-state index < -0.39 is 10.8 Å². The van der Waals surface area contributed by atoms with Crippen LogP contribution in [0.1, 0.15) is 0 Å². The van der Waals surface area contributed by atoms with Gasteiger partial charge in [-0.15, -0.1) is 0 Å². The number of hydrogen-bond donors (Lipinski definition) is 0. The minimum atomic E-state index is -0.729. The highest BCUT2D eigenvalue weighted by atomic mass is 32.2. The first-order valence-electron chi connectivity index (χ1n) is 6.67. The monoisotopic (exact) mass is 338 g/mol. The van der Waals surface area contributed by atoms with Crippen molar-refractivity contribution < 1.29 is 23.3 Å². The van der Waals surface area contributed by atoms with Gasteiger partial charge < -0.3 is 19.3 Å². The lowest BCUT2D eigenvalue weighted by Crippen LogP contribution is -2.41. The average Bonchev–Trinajstić information content (AvgIpc) is 2.55. The van der Waals surface area contributed by atoms with Crippen molar-refractivity contribution in [3.63, 3.8) is 0 Å². The van der Waals surface area contributed by atoms with Crippen LogP contribution < -0.4 is 0 Å². The summed E-state index contributed by atoms with van der Waals surface area (Å²) in [5.74, 6) is 3.23. The number of thioether (sulfide) groups is 1. The van der Waals surface area contributed by atoms with Crippen molar-refractivity contribution in [3.8, 4) is 0 Å². The van der Waals surface area contributed by atoms with Gasteiger partial charge in [0.25, 0.3) is 0 Å². The van der Waals surface area contributed by atoms with Crippen LogP contribution >= 0.6 is 11.8 Å². The predicted molar refractivity (Wildman–Crippen MR) is 83.2 cm³/mol. The van der Waals surface area contributed by atoms with E-state index in [1.165, 1.54) is 14.2 Å². The van der Waals surface area contributed by atoms with E-state index >= 15 is 0 Å². The Morgan fingerprint density at radius 2 is 1.33 bits per heavy atom. The van der Waals surface area contributed by atoms with Gasteiger partial charge in [-0.3, -0.25) is 4.21 Å². The first-order chi connectivity index (χ1) is 10.1. The fourth-order valence-corrected chi connectivity index (χ4v) is 3.78. The summed E-state index contributed by atoms with van der Waals surface area (Å²) in [6, 6.07) is 0. The van der Waals surface area contributed by atoms with Crippen LogP contribution in [0.4, 0.5) is 9.59 Å². The summed E-state index contributed by atoms with van der Waals surface area (Å²) in [6.07, 6.45) is -0.512. The maximum absolute atomic E-state index is 10.9. The Labute approximate surface area is 131 Å². The Morgan fingerprint density at radius 3 is 1.76 bits per heavy atom. The molecule has 2 saturated heterocycles. The summed E-state index contributed by atoms with van der Waals surface area (Å²) in [6.45, 7) is 2.77. The van der Waals surface area contributed by atoms with Crippen molar-refractivity contribution in [2.45, 2.75) is 0 Å². The molecule has 0 aromatic rings. The van der Waals surface area contributed by atoms with Gasteiger partial charge in [0.15, 0.2) is 0 Å². The largest absolute Gasteiger partial charge is 0.453 e. The molecule has 0 aromatic carbocycles. The summed E-state index contributed by atoms with van der Waals surface area (Å²) in [5, 5.41) is 0. The number of carbonyl (C=O) groups is 2. The van der Waals surface area contributed by atoms with E-state index in [0.717, 1.165) is 24.6 Å². The first-order valence-corrected chi connectivity index (χ1v) is 9.31. The standard InChI is InChI=1S/C6H11NO3S.C6H11NO2S/c1-10-6(8)7-2-4-11(9)5-3-7;1-9-6(8)7-2-4-10-5-3-7/h2-5H2,1H3;2-5H2,1H3. The van der Waals surface area contributed by atoms with Crippen LogP contribution in [0.5, 0.6) is 0 Å². The van der Waals surface area contributed by atoms with Crippen LogP contribution in [-0.4, -0.2) is 89.6 Å². The SMILES string of the molecule is COC(=O)N1CCS(=O)CC1.COC(=O)N1CCSCC1. The molecule has 0 saturated carbocycles. The number of rotatable bonds is 0. The molecule has 9 heteroatoms. The van der Waals surface area contributed by atoms with Crippen LogP contribution in [0.3, 0.4) is 0 Å². The van der Waals surface area contributed by atoms with Crippen LogP contribution in [0.25, 0.3) is 0 Å². The van der Waals surface area contributed by atoms with Gasteiger partial charge in [0, 0.05) is 60.0 Å². The fraction of sp³-hybridized carbons (Fsp3) is 0.833. The highest BCUT2D eigenvalue weighted by Crippen LogP contribution is 2.09. The molecule has 122 valence electrons. The van der Waals surface area contributed by atoms with E-state index in [1.807, 2.05) is 11.8 Å². The van der Waals surface area contributed by atoms with Crippen molar-refractivity contribution in [3.05, 3.63) is 0 Å². The van der Waals surface area contributed by atoms with Crippen molar-refractivity contribution in [1.82, 2.24) is 9.80 Å². The van der Waals surface area contributed by atoms with Crippen LogP contribution in [0.15, 0.2) is 0 Å². The second-order valence-electron chi connectivity index (χ2n) is 4.37. The normalized spacial score (nSPS) is 19.3. The second kappa shape index (κ2) is 9.88. The minimum absolute atomic E-state index is 0.194. The molecule has 0 unspecified atom stereocenters. The fourth-order valence-electron chi connectivity index (χ4n) is 1.82. The Kier molecular flexibility index (Phi) is 8.51. The zero-order valence-corrected chi connectivity index (χ0v) is 14.0. The molecule has 0 aliphatic carbocycles. The van der Waals surface area contributed by atoms with Crippen molar-refractivity contribution in [2.24, 2.45) is 0 Å². The first kappa shape index (κ1) is 18.1. The summed E-state index contributed by atoms with van der Waals surface area (Å²) >= 11 is 1.88. The Hall–Kier alpha value is -0.960. The minimum Gasteiger partial charge on any atom is -0.453 e. The third kappa shape index (κ3) is 6.56. The quantitative estimate of drug-likeness (QED) is 0.644. The molecule has 0 bridgehead atoms. The number of hydrogen-bond acceptors (Lipinski definition) is 6. The second-order valence-corrected chi connectivity index (χ2v) is 7.30. The molecule has 0 N–H and O–H groups in total. The lowest BCUT2D eigenvalue weighted by molar-refractivity contribution is 0.127. The Balaban J connectivity index is 0.000000211. The van der Waals surface area contributed by atoms with E-state index in [2.05, 4.69) is 9.47 Å². The van der Waals surface area contributed by atoms with Gasteiger partial charge >= 0.3 is 12.2 Å². The predicted octanol–water partition coefficient (Wildman–Crippen LogP) is 0.619. The maximum Gasteiger partial charge on any atom is 0.409 e. The van der Waals surface area contributed by atoms with E-state index in [-0.39, 0.29) is 12.2 Å². The van der Waals surface area contributed by atoms with Gasteiger partial charge in [-0.2, -0.15) is 11.8 Å². The van der Waals surface area contributed by atoms with Gasteiger partial charge in [-0.25, -0.2) is 9.59 Å². The highest BCUT2D eigenvalue weighted by Gasteiger charge is 2.19. The van der Waals surface area contributed by atoms with Gasteiger partial charge in [-0.1, -0.05) is 0 Å². The zero-order valence-electron chi connectivity index (χ0n) is 12.4. The van der Waals surface area contributed by atoms with Crippen molar-refractivity contribution in [1.29, 1.82) is 0 Å². The summed E-state index contributed by atoms with van der Waals surface area (Å²) in [4.78, 5) is 25.0. The molecule has 0 spiro atoms. The molecule has 2 rings (SSSR count). The summed E-state index contributed by atoms with van der Waals surface area (Å²) in [5.41, 5.74) is 0. The van der Waals surface area contributed by atoms with Crippen molar-refractivity contribution in [2.75, 3.05) is 63.4 Å². The summed E-state index contributed by atoms with van der Waals surface area (Å²) in [7, 11) is 2.05. The number of carbonyl (C=O) groups excluding carboxylic acids is 2. The van der Waals surface area contributed by atoms with E-state index in [4.69, 9.17) is 0 Å². The zero-order chi connectivity index (χ0) is 15.7. The molecular weight excluding hydrogens is 316 g/mol. The third-order valence-electron chi connectivity index (χ3n) is 3.05. The number of methoxy groups -OCH3 is 2. The highest BCUT2D eigenvalue weighted by molar-refractivity contribution is 7.99. The molecule has 0 radical (unpaired) electrons. The average molecular weight is 338 g/mol. The van der Waals surface area contributed by atoms with Crippen LogP contribution in [-0.2, 0) is 20.3 Å². The molecular formula is C12H22N2O5S2. The van der Waals surface area contributed by atoms with Gasteiger partial charge in [0.2, 0.25) is 0 Å². The molecule has 2 aliphatic rings. The van der Waals surface area contributed by atoms with E-state index in [0.29, 0.717) is 24.6 Å². The van der Waals surface area contributed by atoms with Gasteiger partial charge in [-0.05, 0) is 0 Å². The number of ether oxygens (including phenoxy) is 2. The maximum atomic E-state index is 10.9. The number of amides is 2. The smallest absolute Gasteiger partial charge is 0.409 e. The molecule has 2 amide bonds. The topological polar surface area (TPSA) is 76.1 Å². The van der Waals surface area contributed by atoms with Crippen molar-refractivity contribution >= 4 is 34.7 Å². The van der Waals surface area contributed by atoms with Crippen LogP contribution in [0.2, 0.25) is 0 Å².